The van der Waals surface area contributed by atoms with Crippen LogP contribution in [0.3, 0.4) is 0 Å². The lowest BCUT2D eigenvalue weighted by Crippen LogP contribution is -2.22. The highest BCUT2D eigenvalue weighted by molar-refractivity contribution is 7.20. The van der Waals surface area contributed by atoms with E-state index in [9.17, 15) is 4.79 Å². The molecule has 4 heteroatoms. The summed E-state index contributed by atoms with van der Waals surface area (Å²) >= 11 is 1.60. The second kappa shape index (κ2) is 4.38. The minimum atomic E-state index is 0.141. The van der Waals surface area contributed by atoms with Crippen molar-refractivity contribution < 1.29 is 4.79 Å². The lowest BCUT2D eigenvalue weighted by atomic mass is 10.1. The smallest absolute Gasteiger partial charge is 0.173 e. The highest BCUT2D eigenvalue weighted by Crippen LogP contribution is 2.37. The van der Waals surface area contributed by atoms with Gasteiger partial charge in [0.2, 0.25) is 0 Å². The highest BCUT2D eigenvalue weighted by Gasteiger charge is 2.24. The number of ketones is 1. The maximum Gasteiger partial charge on any atom is 0.173 e. The van der Waals surface area contributed by atoms with Gasteiger partial charge in [-0.15, -0.1) is 11.3 Å². The van der Waals surface area contributed by atoms with Crippen LogP contribution in [0.15, 0.2) is 41.4 Å². The Morgan fingerprint density at radius 1 is 1.28 bits per heavy atom. The van der Waals surface area contributed by atoms with E-state index in [2.05, 4.69) is 22.4 Å². The van der Waals surface area contributed by atoms with Crippen molar-refractivity contribution in [1.82, 2.24) is 0 Å². The summed E-state index contributed by atoms with van der Waals surface area (Å²) in [6, 6.07) is 12.1. The maximum atomic E-state index is 12.0. The fourth-order valence-electron chi connectivity index (χ4n) is 1.99. The molecular weight excluding hydrogens is 244 g/mol. The second-order valence-corrected chi connectivity index (χ2v) is 5.17. The number of nitrogens with zero attached hydrogens (tertiary/aromatic N) is 1. The number of benzene rings is 1. The highest BCUT2D eigenvalue weighted by atomic mass is 32.1. The Morgan fingerprint density at radius 3 is 2.78 bits per heavy atom. The summed E-state index contributed by atoms with van der Waals surface area (Å²) in [5.74, 6) is 0.886. The summed E-state index contributed by atoms with van der Waals surface area (Å²) in [5.41, 5.74) is 1.92. The van der Waals surface area contributed by atoms with Crippen LogP contribution >= 0.6 is 11.3 Å². The number of carbonyl (C=O) groups excluding carboxylic acids is 1. The molecule has 0 fully saturated rings. The Morgan fingerprint density at radius 2 is 2.06 bits per heavy atom. The number of thiophene rings is 1. The zero-order valence-corrected chi connectivity index (χ0v) is 10.8. The van der Waals surface area contributed by atoms with Crippen molar-refractivity contribution in [2.24, 2.45) is 4.99 Å². The molecule has 3 rings (SSSR count). The fraction of sp³-hybridized carbons (Fsp3) is 0.143. The van der Waals surface area contributed by atoms with Crippen LogP contribution in [0.4, 0.5) is 5.00 Å². The predicted octanol–water partition coefficient (Wildman–Crippen LogP) is 3.44. The van der Waals surface area contributed by atoms with E-state index < -0.39 is 0 Å². The van der Waals surface area contributed by atoms with Gasteiger partial charge in [-0.3, -0.25) is 9.79 Å². The molecule has 0 saturated carbocycles. The van der Waals surface area contributed by atoms with Crippen LogP contribution in [0.1, 0.15) is 16.8 Å². The summed E-state index contributed by atoms with van der Waals surface area (Å²) in [7, 11) is 1.70. The van der Waals surface area contributed by atoms with Crippen LogP contribution in [-0.4, -0.2) is 18.7 Å². The van der Waals surface area contributed by atoms with Gasteiger partial charge in [0.25, 0.3) is 0 Å². The molecule has 0 unspecified atom stereocenters. The third-order valence-electron chi connectivity index (χ3n) is 2.95. The molecule has 1 aromatic heterocycles. The Labute approximate surface area is 109 Å². The van der Waals surface area contributed by atoms with Crippen LogP contribution in [0.25, 0.3) is 10.4 Å². The molecule has 0 atom stereocenters. The number of fused-ring (bicyclic) bond motifs is 1. The molecule has 0 aliphatic carbocycles. The number of carbonyl (C=O) groups is 1. The van der Waals surface area contributed by atoms with E-state index in [1.54, 1.807) is 18.4 Å². The molecule has 0 amide bonds. The van der Waals surface area contributed by atoms with E-state index in [1.165, 1.54) is 0 Å². The Bertz CT molecular complexity index is 628. The number of hydrogen-bond acceptors (Lipinski definition) is 3. The van der Waals surface area contributed by atoms with Gasteiger partial charge in [0.1, 0.15) is 10.8 Å². The van der Waals surface area contributed by atoms with Crippen LogP contribution in [0.2, 0.25) is 0 Å². The zero-order valence-electron chi connectivity index (χ0n) is 9.93. The molecule has 3 nitrogen and oxygen atoms in total. The van der Waals surface area contributed by atoms with Crippen LogP contribution < -0.4 is 5.32 Å². The minimum Gasteiger partial charge on any atom is -0.335 e. The van der Waals surface area contributed by atoms with E-state index in [1.807, 2.05) is 24.3 Å². The average molecular weight is 256 g/mol. The van der Waals surface area contributed by atoms with Crippen LogP contribution in [0.5, 0.6) is 0 Å². The second-order valence-electron chi connectivity index (χ2n) is 4.11. The monoisotopic (exact) mass is 256 g/mol. The van der Waals surface area contributed by atoms with Crippen molar-refractivity contribution in [2.45, 2.75) is 6.42 Å². The molecule has 1 N–H and O–H groups in total. The number of rotatable bonds is 1. The van der Waals surface area contributed by atoms with Gasteiger partial charge in [0, 0.05) is 11.9 Å². The lowest BCUT2D eigenvalue weighted by Gasteiger charge is -2.13. The van der Waals surface area contributed by atoms with Crippen molar-refractivity contribution >= 4 is 28.0 Å². The lowest BCUT2D eigenvalue weighted by molar-refractivity contribution is 0.1000. The van der Waals surface area contributed by atoms with Gasteiger partial charge in [-0.2, -0.15) is 0 Å². The Kier molecular flexibility index (Phi) is 2.72. The molecule has 2 aromatic rings. The molecule has 0 saturated heterocycles. The van der Waals surface area contributed by atoms with E-state index in [0.717, 1.165) is 26.8 Å². The van der Waals surface area contributed by atoms with Crippen molar-refractivity contribution in [1.29, 1.82) is 0 Å². The van der Waals surface area contributed by atoms with Crippen molar-refractivity contribution in [2.75, 3.05) is 12.4 Å². The number of hydrogen-bond donors (Lipinski definition) is 1. The van der Waals surface area contributed by atoms with Gasteiger partial charge in [-0.05, 0) is 11.6 Å². The summed E-state index contributed by atoms with van der Waals surface area (Å²) < 4.78 is 0. The van der Waals surface area contributed by atoms with Gasteiger partial charge in [-0.1, -0.05) is 30.3 Å². The predicted molar refractivity (Wildman–Crippen MR) is 75.7 cm³/mol. The number of nitrogens with one attached hydrogen (secondary N) is 1. The SMILES string of the molecule is CN=C1CC(=O)c2cc(-c3ccccc3)sc2N1. The van der Waals surface area contributed by atoms with Crippen molar-refractivity contribution in [3.05, 3.63) is 42.0 Å². The van der Waals surface area contributed by atoms with Crippen LogP contribution in [0, 0.1) is 0 Å². The number of Topliss-reactive ketones (excluding diaryl/α,β-unsaturated/α-hetero) is 1. The third-order valence-corrected chi connectivity index (χ3v) is 4.05. The van der Waals surface area contributed by atoms with E-state index >= 15 is 0 Å². The van der Waals surface area contributed by atoms with Gasteiger partial charge in [0.05, 0.1) is 12.0 Å². The topological polar surface area (TPSA) is 41.5 Å². The van der Waals surface area contributed by atoms with Gasteiger partial charge >= 0.3 is 0 Å². The molecular formula is C14H12N2OS. The maximum absolute atomic E-state index is 12.0. The largest absolute Gasteiger partial charge is 0.335 e. The van der Waals surface area contributed by atoms with E-state index in [4.69, 9.17) is 0 Å². The third kappa shape index (κ3) is 1.84. The van der Waals surface area contributed by atoms with Gasteiger partial charge in [-0.25, -0.2) is 0 Å². The average Bonchev–Trinajstić information content (AvgIpc) is 2.84. The molecule has 2 heterocycles. The molecule has 1 aromatic carbocycles. The Balaban J connectivity index is 2.06. The fourth-order valence-corrected chi connectivity index (χ4v) is 3.10. The molecule has 0 bridgehead atoms. The minimum absolute atomic E-state index is 0.141. The Hall–Kier alpha value is -1.94. The van der Waals surface area contributed by atoms with Gasteiger partial charge < -0.3 is 5.32 Å². The molecule has 0 radical (unpaired) electrons. The van der Waals surface area contributed by atoms with E-state index in [-0.39, 0.29) is 5.78 Å². The first-order chi connectivity index (χ1) is 8.78. The van der Waals surface area contributed by atoms with E-state index in [0.29, 0.717) is 6.42 Å². The summed E-state index contributed by atoms with van der Waals surface area (Å²) in [4.78, 5) is 17.2. The number of anilines is 1. The molecule has 0 spiro atoms. The molecule has 1 aliphatic heterocycles. The summed E-state index contributed by atoms with van der Waals surface area (Å²) in [5, 5.41) is 4.12. The molecule has 90 valence electrons. The first-order valence-electron chi connectivity index (χ1n) is 5.73. The van der Waals surface area contributed by atoms with Crippen molar-refractivity contribution in [3.63, 3.8) is 0 Å². The summed E-state index contributed by atoms with van der Waals surface area (Å²) in [6.07, 6.45) is 0.370. The molecule has 1 aliphatic rings. The van der Waals surface area contributed by atoms with Crippen molar-refractivity contribution in [3.8, 4) is 10.4 Å². The zero-order chi connectivity index (χ0) is 12.5. The number of aliphatic imine (C=N–C) groups is 1. The standard InChI is InChI=1S/C14H12N2OS/c1-15-13-8-11(17)10-7-12(18-14(10)16-13)9-5-3-2-4-6-9/h2-7H,8H2,1H3,(H,15,16). The quantitative estimate of drug-likeness (QED) is 0.849. The first-order valence-corrected chi connectivity index (χ1v) is 6.54. The molecule has 18 heavy (non-hydrogen) atoms. The van der Waals surface area contributed by atoms with Crippen LogP contribution in [-0.2, 0) is 0 Å². The first kappa shape index (κ1) is 11.2. The summed E-state index contributed by atoms with van der Waals surface area (Å²) in [6.45, 7) is 0. The number of amidine groups is 1. The normalized spacial score (nSPS) is 16.5. The van der Waals surface area contributed by atoms with Gasteiger partial charge in [0.15, 0.2) is 5.78 Å².